The molecule has 2 aromatic rings. The van der Waals surface area contributed by atoms with E-state index >= 15 is 0 Å². The number of benzene rings is 1. The largest absolute Gasteiger partial charge is 0.439 e. The van der Waals surface area contributed by atoms with Crippen LogP contribution < -0.4 is 15.4 Å². The summed E-state index contributed by atoms with van der Waals surface area (Å²) in [6.07, 6.45) is 3.60. The van der Waals surface area contributed by atoms with Crippen molar-refractivity contribution in [3.05, 3.63) is 48.2 Å². The molecule has 1 heterocycles. The van der Waals surface area contributed by atoms with E-state index in [4.69, 9.17) is 10.00 Å². The van der Waals surface area contributed by atoms with Crippen LogP contribution in [0.1, 0.15) is 25.3 Å². The Kier molecular flexibility index (Phi) is 4.62. The maximum absolute atomic E-state index is 12.0. The summed E-state index contributed by atoms with van der Waals surface area (Å²) in [5.74, 6) is 1.01. The van der Waals surface area contributed by atoms with Crippen molar-refractivity contribution < 1.29 is 9.53 Å². The van der Waals surface area contributed by atoms with Crippen molar-refractivity contribution in [2.75, 3.05) is 5.32 Å². The Labute approximate surface area is 140 Å². The number of carbonyl (C=O) groups is 1. The topological polar surface area (TPSA) is 87.0 Å². The molecule has 3 rings (SSSR count). The first kappa shape index (κ1) is 15.8. The SMILES string of the molecule is C[C@@H](Nc1cccc(Oc2ccc(C#N)cn2)c1)C(=O)NC1CC1. The minimum Gasteiger partial charge on any atom is -0.439 e. The molecule has 1 aliphatic rings. The van der Waals surface area contributed by atoms with Crippen LogP contribution in [0.15, 0.2) is 42.6 Å². The Morgan fingerprint density at radius 1 is 1.38 bits per heavy atom. The van der Waals surface area contributed by atoms with E-state index in [1.165, 1.54) is 6.20 Å². The number of amides is 1. The van der Waals surface area contributed by atoms with E-state index in [0.29, 0.717) is 23.2 Å². The smallest absolute Gasteiger partial charge is 0.242 e. The number of anilines is 1. The number of carbonyl (C=O) groups excluding carboxylic acids is 1. The van der Waals surface area contributed by atoms with Crippen molar-refractivity contribution >= 4 is 11.6 Å². The third kappa shape index (κ3) is 4.23. The highest BCUT2D eigenvalue weighted by Gasteiger charge is 2.25. The van der Waals surface area contributed by atoms with E-state index in [1.54, 1.807) is 24.3 Å². The molecule has 1 aliphatic carbocycles. The predicted molar refractivity (Wildman–Crippen MR) is 89.7 cm³/mol. The van der Waals surface area contributed by atoms with E-state index in [-0.39, 0.29) is 11.9 Å². The molecule has 1 aromatic heterocycles. The molecule has 6 nitrogen and oxygen atoms in total. The predicted octanol–water partition coefficient (Wildman–Crippen LogP) is 2.82. The molecule has 0 unspecified atom stereocenters. The van der Waals surface area contributed by atoms with Gasteiger partial charge in [-0.1, -0.05) is 6.07 Å². The van der Waals surface area contributed by atoms with Gasteiger partial charge in [0.2, 0.25) is 11.8 Å². The van der Waals surface area contributed by atoms with Gasteiger partial charge in [0.05, 0.1) is 5.56 Å². The van der Waals surface area contributed by atoms with Crippen molar-refractivity contribution in [1.82, 2.24) is 10.3 Å². The van der Waals surface area contributed by atoms with Gasteiger partial charge < -0.3 is 15.4 Å². The fourth-order valence-electron chi connectivity index (χ4n) is 2.15. The van der Waals surface area contributed by atoms with Crippen molar-refractivity contribution in [2.45, 2.75) is 31.8 Å². The summed E-state index contributed by atoms with van der Waals surface area (Å²) in [6, 6.07) is 12.7. The molecule has 1 aromatic carbocycles. The van der Waals surface area contributed by atoms with Crippen molar-refractivity contribution in [2.24, 2.45) is 0 Å². The van der Waals surface area contributed by atoms with Crippen LogP contribution in [0.25, 0.3) is 0 Å². The molecule has 0 spiro atoms. The lowest BCUT2D eigenvalue weighted by molar-refractivity contribution is -0.121. The van der Waals surface area contributed by atoms with Gasteiger partial charge in [-0.2, -0.15) is 5.26 Å². The normalized spacial score (nSPS) is 14.3. The summed E-state index contributed by atoms with van der Waals surface area (Å²) in [5.41, 5.74) is 1.27. The number of ether oxygens (including phenoxy) is 1. The van der Waals surface area contributed by atoms with Crippen LogP contribution in [0.3, 0.4) is 0 Å². The maximum atomic E-state index is 12.0. The lowest BCUT2D eigenvalue weighted by Gasteiger charge is -2.15. The minimum absolute atomic E-state index is 0.00224. The van der Waals surface area contributed by atoms with Gasteiger partial charge >= 0.3 is 0 Å². The van der Waals surface area contributed by atoms with Crippen molar-refractivity contribution in [3.8, 4) is 17.7 Å². The van der Waals surface area contributed by atoms with Gasteiger partial charge in [0.25, 0.3) is 0 Å². The third-order valence-electron chi connectivity index (χ3n) is 3.62. The highest BCUT2D eigenvalue weighted by atomic mass is 16.5. The first-order valence-corrected chi connectivity index (χ1v) is 7.85. The quantitative estimate of drug-likeness (QED) is 0.854. The summed E-state index contributed by atoms with van der Waals surface area (Å²) < 4.78 is 5.67. The summed E-state index contributed by atoms with van der Waals surface area (Å²) in [7, 11) is 0. The molecule has 0 saturated heterocycles. The second-order valence-corrected chi connectivity index (χ2v) is 5.78. The van der Waals surface area contributed by atoms with Gasteiger partial charge in [-0.05, 0) is 38.0 Å². The molecule has 1 saturated carbocycles. The van der Waals surface area contributed by atoms with E-state index in [1.807, 2.05) is 25.1 Å². The number of aromatic nitrogens is 1. The highest BCUT2D eigenvalue weighted by molar-refractivity contribution is 5.84. The summed E-state index contributed by atoms with van der Waals surface area (Å²) in [6.45, 7) is 1.83. The van der Waals surface area contributed by atoms with E-state index < -0.39 is 0 Å². The van der Waals surface area contributed by atoms with Crippen LogP contribution in [-0.2, 0) is 4.79 Å². The van der Waals surface area contributed by atoms with Gasteiger partial charge in [0.1, 0.15) is 17.9 Å². The Hall–Kier alpha value is -3.07. The van der Waals surface area contributed by atoms with Crippen LogP contribution in [0, 0.1) is 11.3 Å². The van der Waals surface area contributed by atoms with Gasteiger partial charge in [-0.15, -0.1) is 0 Å². The Morgan fingerprint density at radius 3 is 2.88 bits per heavy atom. The zero-order valence-corrected chi connectivity index (χ0v) is 13.3. The second kappa shape index (κ2) is 7.01. The maximum Gasteiger partial charge on any atom is 0.242 e. The van der Waals surface area contributed by atoms with E-state index in [0.717, 1.165) is 18.5 Å². The van der Waals surface area contributed by atoms with Crippen molar-refractivity contribution in [1.29, 1.82) is 5.26 Å². The molecule has 0 aliphatic heterocycles. The van der Waals surface area contributed by atoms with Gasteiger partial charge in [-0.3, -0.25) is 4.79 Å². The number of hydrogen-bond donors (Lipinski definition) is 2. The molecule has 2 N–H and O–H groups in total. The second-order valence-electron chi connectivity index (χ2n) is 5.78. The zero-order valence-electron chi connectivity index (χ0n) is 13.3. The van der Waals surface area contributed by atoms with Crippen LogP contribution in [0.5, 0.6) is 11.6 Å². The van der Waals surface area contributed by atoms with Crippen LogP contribution in [0.2, 0.25) is 0 Å². The Morgan fingerprint density at radius 2 is 2.21 bits per heavy atom. The van der Waals surface area contributed by atoms with Crippen LogP contribution >= 0.6 is 0 Å². The minimum atomic E-state index is -0.325. The van der Waals surface area contributed by atoms with Gasteiger partial charge in [-0.25, -0.2) is 4.98 Å². The van der Waals surface area contributed by atoms with Crippen molar-refractivity contribution in [3.63, 3.8) is 0 Å². The summed E-state index contributed by atoms with van der Waals surface area (Å²) in [5, 5.41) is 14.9. The third-order valence-corrected chi connectivity index (χ3v) is 3.62. The number of pyridine rings is 1. The standard InChI is InChI=1S/C18H18N4O2/c1-12(18(23)22-14-6-7-14)21-15-3-2-4-16(9-15)24-17-8-5-13(10-19)11-20-17/h2-5,8-9,11-12,14,21H,6-7H2,1H3,(H,22,23)/t12-/m1/s1. The molecular formula is C18H18N4O2. The monoisotopic (exact) mass is 322 g/mol. The average Bonchev–Trinajstić information content (AvgIpc) is 3.40. The highest BCUT2D eigenvalue weighted by Crippen LogP contribution is 2.23. The fraction of sp³-hybridized carbons (Fsp3) is 0.278. The number of nitrogens with one attached hydrogen (secondary N) is 2. The summed E-state index contributed by atoms with van der Waals surface area (Å²) in [4.78, 5) is 16.1. The number of nitrogens with zero attached hydrogens (tertiary/aromatic N) is 2. The van der Waals surface area contributed by atoms with E-state index in [2.05, 4.69) is 15.6 Å². The average molecular weight is 322 g/mol. The molecule has 0 radical (unpaired) electrons. The molecule has 1 atom stereocenters. The van der Waals surface area contributed by atoms with Crippen LogP contribution in [-0.4, -0.2) is 23.0 Å². The molecule has 6 heteroatoms. The number of hydrogen-bond acceptors (Lipinski definition) is 5. The number of rotatable bonds is 6. The molecule has 1 amide bonds. The Balaban J connectivity index is 1.62. The molecular weight excluding hydrogens is 304 g/mol. The Bertz CT molecular complexity index is 763. The van der Waals surface area contributed by atoms with Gasteiger partial charge in [0.15, 0.2) is 0 Å². The van der Waals surface area contributed by atoms with Gasteiger partial charge in [0, 0.05) is 30.1 Å². The van der Waals surface area contributed by atoms with Crippen LogP contribution in [0.4, 0.5) is 5.69 Å². The first-order valence-electron chi connectivity index (χ1n) is 7.85. The molecule has 0 bridgehead atoms. The summed E-state index contributed by atoms with van der Waals surface area (Å²) >= 11 is 0. The zero-order chi connectivity index (χ0) is 16.9. The van der Waals surface area contributed by atoms with E-state index in [9.17, 15) is 4.79 Å². The number of nitriles is 1. The lowest BCUT2D eigenvalue weighted by atomic mass is 10.2. The molecule has 122 valence electrons. The fourth-order valence-corrected chi connectivity index (χ4v) is 2.15. The molecule has 1 fully saturated rings. The first-order chi connectivity index (χ1) is 11.6. The lowest BCUT2D eigenvalue weighted by Crippen LogP contribution is -2.38. The molecule has 24 heavy (non-hydrogen) atoms.